The molecule has 0 heterocycles. The molecule has 0 saturated carbocycles. The van der Waals surface area contributed by atoms with Crippen LogP contribution >= 0.6 is 0 Å². The van der Waals surface area contributed by atoms with Gasteiger partial charge in [-0.1, -0.05) is 86.1 Å². The highest BCUT2D eigenvalue weighted by Crippen LogP contribution is 2.36. The second-order valence-electron chi connectivity index (χ2n) is 6.28. The van der Waals surface area contributed by atoms with Gasteiger partial charge in [0.1, 0.15) is 5.71 Å². The number of hydrogen-bond acceptors (Lipinski definition) is 2. The van der Waals surface area contributed by atoms with Gasteiger partial charge in [0.05, 0.1) is 6.21 Å². The van der Waals surface area contributed by atoms with Gasteiger partial charge < -0.3 is 0 Å². The van der Waals surface area contributed by atoms with Gasteiger partial charge in [0, 0.05) is 11.1 Å². The summed E-state index contributed by atoms with van der Waals surface area (Å²) < 4.78 is 0. The number of fused-ring (bicyclic) bond motifs is 3. The molecule has 2 heteroatoms. The third-order valence-electron chi connectivity index (χ3n) is 4.54. The second kappa shape index (κ2) is 6.86. The number of nitrogens with zero attached hydrogens (tertiary/aromatic N) is 2. The fourth-order valence-corrected chi connectivity index (χ4v) is 3.31. The van der Waals surface area contributed by atoms with E-state index in [0.717, 1.165) is 28.8 Å². The molecule has 3 aromatic rings. The van der Waals surface area contributed by atoms with Crippen LogP contribution < -0.4 is 0 Å². The first kappa shape index (κ1) is 15.5. The lowest BCUT2D eigenvalue weighted by molar-refractivity contribution is 0.922. The SMILES string of the molecule is CCCc1ccc(C=NN=C2c3ccccc3-c3ccccc32)cc1. The minimum Gasteiger partial charge on any atom is -0.158 e. The Labute approximate surface area is 148 Å². The maximum absolute atomic E-state index is 4.55. The summed E-state index contributed by atoms with van der Waals surface area (Å²) in [5.41, 5.74) is 8.16. The van der Waals surface area contributed by atoms with Crippen molar-refractivity contribution in [1.29, 1.82) is 0 Å². The quantitative estimate of drug-likeness (QED) is 0.350. The van der Waals surface area contributed by atoms with Crippen LogP contribution in [0.3, 0.4) is 0 Å². The Morgan fingerprint density at radius 1 is 0.720 bits per heavy atom. The van der Waals surface area contributed by atoms with Gasteiger partial charge in [-0.2, -0.15) is 5.10 Å². The zero-order chi connectivity index (χ0) is 17.1. The molecule has 0 fully saturated rings. The number of hydrogen-bond donors (Lipinski definition) is 0. The molecule has 0 spiro atoms. The molecule has 0 aliphatic heterocycles. The highest BCUT2D eigenvalue weighted by molar-refractivity contribution is 6.24. The van der Waals surface area contributed by atoms with Crippen molar-refractivity contribution in [1.82, 2.24) is 0 Å². The Balaban J connectivity index is 1.65. The van der Waals surface area contributed by atoms with E-state index in [2.05, 4.69) is 89.9 Å². The minimum absolute atomic E-state index is 0.949. The smallest absolute Gasteiger partial charge is 0.101 e. The van der Waals surface area contributed by atoms with Crippen LogP contribution in [0.1, 0.15) is 35.6 Å². The number of aryl methyl sites for hydroxylation is 1. The predicted octanol–water partition coefficient (Wildman–Crippen LogP) is 5.49. The van der Waals surface area contributed by atoms with Gasteiger partial charge in [-0.3, -0.25) is 0 Å². The van der Waals surface area contributed by atoms with Crippen molar-refractivity contribution in [2.24, 2.45) is 10.2 Å². The molecule has 122 valence electrons. The van der Waals surface area contributed by atoms with E-state index >= 15 is 0 Å². The Hall–Kier alpha value is -3.00. The zero-order valence-corrected chi connectivity index (χ0v) is 14.3. The summed E-state index contributed by atoms with van der Waals surface area (Å²) in [6, 6.07) is 25.3. The van der Waals surface area contributed by atoms with Crippen molar-refractivity contribution in [3.05, 3.63) is 95.1 Å². The normalized spacial score (nSPS) is 12.3. The van der Waals surface area contributed by atoms with Crippen molar-refractivity contribution in [2.45, 2.75) is 19.8 Å². The summed E-state index contributed by atoms with van der Waals surface area (Å²) >= 11 is 0. The van der Waals surface area contributed by atoms with E-state index in [1.165, 1.54) is 23.1 Å². The molecule has 0 bridgehead atoms. The molecule has 0 saturated heterocycles. The Morgan fingerprint density at radius 2 is 1.28 bits per heavy atom. The van der Waals surface area contributed by atoms with Crippen LogP contribution in [0.15, 0.2) is 83.0 Å². The van der Waals surface area contributed by atoms with Crippen molar-refractivity contribution >= 4 is 11.9 Å². The first-order valence-corrected chi connectivity index (χ1v) is 8.76. The molecule has 0 amide bonds. The van der Waals surface area contributed by atoms with E-state index < -0.39 is 0 Å². The molecule has 0 radical (unpaired) electrons. The van der Waals surface area contributed by atoms with Gasteiger partial charge in [-0.05, 0) is 28.7 Å². The highest BCUT2D eigenvalue weighted by Gasteiger charge is 2.23. The van der Waals surface area contributed by atoms with Crippen LogP contribution in [0, 0.1) is 0 Å². The van der Waals surface area contributed by atoms with Crippen molar-refractivity contribution in [3.63, 3.8) is 0 Å². The van der Waals surface area contributed by atoms with Crippen LogP contribution in [-0.4, -0.2) is 11.9 Å². The van der Waals surface area contributed by atoms with Crippen LogP contribution in [0.2, 0.25) is 0 Å². The van der Waals surface area contributed by atoms with E-state index in [9.17, 15) is 0 Å². The third-order valence-corrected chi connectivity index (χ3v) is 4.54. The van der Waals surface area contributed by atoms with Gasteiger partial charge in [0.15, 0.2) is 0 Å². The molecule has 1 aliphatic rings. The van der Waals surface area contributed by atoms with Crippen LogP contribution in [0.5, 0.6) is 0 Å². The topological polar surface area (TPSA) is 24.7 Å². The fourth-order valence-electron chi connectivity index (χ4n) is 3.31. The predicted molar refractivity (Wildman–Crippen MR) is 106 cm³/mol. The molecule has 0 unspecified atom stereocenters. The largest absolute Gasteiger partial charge is 0.158 e. The molecule has 0 atom stereocenters. The lowest BCUT2D eigenvalue weighted by atomic mass is 10.1. The summed E-state index contributed by atoms with van der Waals surface area (Å²) in [7, 11) is 0. The zero-order valence-electron chi connectivity index (χ0n) is 14.3. The first-order valence-electron chi connectivity index (χ1n) is 8.76. The maximum Gasteiger partial charge on any atom is 0.101 e. The third kappa shape index (κ3) is 3.03. The van der Waals surface area contributed by atoms with Crippen LogP contribution in [0.25, 0.3) is 11.1 Å². The van der Waals surface area contributed by atoms with E-state index in [0.29, 0.717) is 0 Å². The summed E-state index contributed by atoms with van der Waals surface area (Å²) in [4.78, 5) is 0. The number of benzene rings is 3. The summed E-state index contributed by atoms with van der Waals surface area (Å²) in [5, 5.41) is 8.91. The van der Waals surface area contributed by atoms with E-state index in [1.54, 1.807) is 0 Å². The highest BCUT2D eigenvalue weighted by atomic mass is 15.2. The Kier molecular flexibility index (Phi) is 4.26. The van der Waals surface area contributed by atoms with Crippen molar-refractivity contribution < 1.29 is 0 Å². The monoisotopic (exact) mass is 324 g/mol. The molecular weight excluding hydrogens is 304 g/mol. The van der Waals surface area contributed by atoms with Gasteiger partial charge in [-0.15, -0.1) is 5.10 Å². The van der Waals surface area contributed by atoms with E-state index in [1.807, 2.05) is 6.21 Å². The summed E-state index contributed by atoms with van der Waals surface area (Å²) in [6.07, 6.45) is 4.11. The Bertz CT molecular complexity index is 902. The standard InChI is InChI=1S/C23H20N2/c1-2-7-17-12-14-18(15-13-17)16-24-25-23-21-10-5-3-8-19(21)20-9-4-6-11-22(20)23/h3-6,8-16H,2,7H2,1H3. The van der Waals surface area contributed by atoms with Crippen molar-refractivity contribution in [3.8, 4) is 11.1 Å². The van der Waals surface area contributed by atoms with Gasteiger partial charge >= 0.3 is 0 Å². The molecule has 4 rings (SSSR count). The van der Waals surface area contributed by atoms with Crippen LogP contribution in [-0.2, 0) is 6.42 Å². The minimum atomic E-state index is 0.949. The lowest BCUT2D eigenvalue weighted by Crippen LogP contribution is -1.97. The summed E-state index contributed by atoms with van der Waals surface area (Å²) in [5.74, 6) is 0. The van der Waals surface area contributed by atoms with E-state index in [-0.39, 0.29) is 0 Å². The molecule has 0 N–H and O–H groups in total. The number of rotatable bonds is 4. The van der Waals surface area contributed by atoms with Crippen molar-refractivity contribution in [2.75, 3.05) is 0 Å². The lowest BCUT2D eigenvalue weighted by Gasteiger charge is -1.99. The Morgan fingerprint density at radius 3 is 1.84 bits per heavy atom. The average molecular weight is 324 g/mol. The fraction of sp³-hybridized carbons (Fsp3) is 0.130. The second-order valence-corrected chi connectivity index (χ2v) is 6.28. The molecular formula is C23H20N2. The average Bonchev–Trinajstić information content (AvgIpc) is 2.98. The first-order chi connectivity index (χ1) is 12.4. The molecule has 0 aromatic heterocycles. The molecule has 3 aromatic carbocycles. The van der Waals surface area contributed by atoms with E-state index in [4.69, 9.17) is 0 Å². The van der Waals surface area contributed by atoms with Gasteiger partial charge in [-0.25, -0.2) is 0 Å². The van der Waals surface area contributed by atoms with Gasteiger partial charge in [0.2, 0.25) is 0 Å². The molecule has 1 aliphatic carbocycles. The summed E-state index contributed by atoms with van der Waals surface area (Å²) in [6.45, 7) is 2.20. The van der Waals surface area contributed by atoms with Crippen LogP contribution in [0.4, 0.5) is 0 Å². The maximum atomic E-state index is 4.55. The molecule has 2 nitrogen and oxygen atoms in total. The van der Waals surface area contributed by atoms with Gasteiger partial charge in [0.25, 0.3) is 0 Å². The molecule has 25 heavy (non-hydrogen) atoms.